The molecule has 1 N–H and O–H groups in total. The van der Waals surface area contributed by atoms with Crippen molar-refractivity contribution in [1.29, 1.82) is 0 Å². The van der Waals surface area contributed by atoms with Crippen molar-refractivity contribution in [2.75, 3.05) is 6.61 Å². The molecule has 0 fully saturated rings. The van der Waals surface area contributed by atoms with Crippen molar-refractivity contribution >= 4 is 0 Å². The SMILES string of the molecule is CC(C)CONCc1ccc(OC(F)(F)F)cc1. The summed E-state index contributed by atoms with van der Waals surface area (Å²) in [5, 5.41) is 0. The van der Waals surface area contributed by atoms with Crippen molar-refractivity contribution in [3.63, 3.8) is 0 Å². The molecule has 0 aromatic heterocycles. The van der Waals surface area contributed by atoms with Gasteiger partial charge in [-0.15, -0.1) is 13.2 Å². The first-order chi connectivity index (χ1) is 8.37. The van der Waals surface area contributed by atoms with E-state index in [2.05, 4.69) is 10.2 Å². The van der Waals surface area contributed by atoms with E-state index < -0.39 is 6.36 Å². The third kappa shape index (κ3) is 6.46. The first-order valence-electron chi connectivity index (χ1n) is 5.56. The fraction of sp³-hybridized carbons (Fsp3) is 0.500. The zero-order valence-corrected chi connectivity index (χ0v) is 10.3. The van der Waals surface area contributed by atoms with Gasteiger partial charge in [0.1, 0.15) is 5.75 Å². The summed E-state index contributed by atoms with van der Waals surface area (Å²) in [5.74, 6) is 0.189. The van der Waals surface area contributed by atoms with Crippen LogP contribution in [0.4, 0.5) is 13.2 Å². The topological polar surface area (TPSA) is 30.5 Å². The Morgan fingerprint density at radius 1 is 1.17 bits per heavy atom. The number of benzene rings is 1. The molecule has 0 atom stereocenters. The normalized spacial score (nSPS) is 11.9. The molecule has 0 bridgehead atoms. The van der Waals surface area contributed by atoms with Crippen molar-refractivity contribution in [3.8, 4) is 5.75 Å². The van der Waals surface area contributed by atoms with Crippen LogP contribution in [0.1, 0.15) is 19.4 Å². The Hall–Kier alpha value is -1.27. The van der Waals surface area contributed by atoms with Gasteiger partial charge in [0.2, 0.25) is 0 Å². The molecule has 0 saturated heterocycles. The highest BCUT2D eigenvalue weighted by molar-refractivity contribution is 5.27. The maximum atomic E-state index is 11.9. The predicted molar refractivity (Wildman–Crippen MR) is 60.8 cm³/mol. The molecule has 0 saturated carbocycles. The van der Waals surface area contributed by atoms with Crippen LogP contribution in [0.2, 0.25) is 0 Å². The van der Waals surface area contributed by atoms with E-state index in [4.69, 9.17) is 4.84 Å². The van der Waals surface area contributed by atoms with Gasteiger partial charge in [0.15, 0.2) is 0 Å². The van der Waals surface area contributed by atoms with Crippen LogP contribution in [0.25, 0.3) is 0 Å². The van der Waals surface area contributed by atoms with Gasteiger partial charge in [-0.3, -0.25) is 0 Å². The molecule has 3 nitrogen and oxygen atoms in total. The smallest absolute Gasteiger partial charge is 0.406 e. The third-order valence-electron chi connectivity index (χ3n) is 1.95. The number of alkyl halides is 3. The average molecular weight is 263 g/mol. The summed E-state index contributed by atoms with van der Waals surface area (Å²) in [6.07, 6.45) is -4.65. The highest BCUT2D eigenvalue weighted by Crippen LogP contribution is 2.22. The lowest BCUT2D eigenvalue weighted by atomic mass is 10.2. The molecule has 0 aliphatic carbocycles. The van der Waals surface area contributed by atoms with Crippen LogP contribution in [-0.4, -0.2) is 13.0 Å². The lowest BCUT2D eigenvalue weighted by Crippen LogP contribution is -2.18. The Morgan fingerprint density at radius 2 is 1.78 bits per heavy atom. The molecule has 0 amide bonds. The fourth-order valence-corrected chi connectivity index (χ4v) is 1.17. The van der Waals surface area contributed by atoms with E-state index in [0.717, 1.165) is 5.56 Å². The van der Waals surface area contributed by atoms with Crippen LogP contribution in [0.5, 0.6) is 5.75 Å². The zero-order valence-electron chi connectivity index (χ0n) is 10.3. The van der Waals surface area contributed by atoms with Crippen molar-refractivity contribution in [2.45, 2.75) is 26.8 Å². The lowest BCUT2D eigenvalue weighted by Gasteiger charge is -2.10. The summed E-state index contributed by atoms with van der Waals surface area (Å²) in [6.45, 7) is 5.05. The van der Waals surface area contributed by atoms with E-state index in [1.165, 1.54) is 12.1 Å². The van der Waals surface area contributed by atoms with Crippen molar-refractivity contribution in [3.05, 3.63) is 29.8 Å². The number of ether oxygens (including phenoxy) is 1. The Labute approximate surface area is 104 Å². The molecule has 1 rings (SSSR count). The van der Waals surface area contributed by atoms with Gasteiger partial charge in [-0.2, -0.15) is 5.48 Å². The molecule has 18 heavy (non-hydrogen) atoms. The van der Waals surface area contributed by atoms with E-state index in [9.17, 15) is 13.2 Å². The molecular formula is C12H16F3NO2. The van der Waals surface area contributed by atoms with Gasteiger partial charge in [-0.1, -0.05) is 26.0 Å². The quantitative estimate of drug-likeness (QED) is 0.631. The molecule has 1 aromatic carbocycles. The zero-order chi connectivity index (χ0) is 13.6. The minimum absolute atomic E-state index is 0.227. The monoisotopic (exact) mass is 263 g/mol. The Morgan fingerprint density at radius 3 is 2.28 bits per heavy atom. The number of rotatable bonds is 6. The molecule has 0 aliphatic rings. The van der Waals surface area contributed by atoms with Crippen LogP contribution < -0.4 is 10.2 Å². The van der Waals surface area contributed by atoms with E-state index in [1.54, 1.807) is 12.1 Å². The minimum atomic E-state index is -4.65. The van der Waals surface area contributed by atoms with Crippen LogP contribution in [0.15, 0.2) is 24.3 Å². The molecule has 0 unspecified atom stereocenters. The van der Waals surface area contributed by atoms with Gasteiger partial charge in [-0.25, -0.2) is 0 Å². The highest BCUT2D eigenvalue weighted by atomic mass is 19.4. The first-order valence-corrected chi connectivity index (χ1v) is 5.56. The van der Waals surface area contributed by atoms with Crippen LogP contribution in [0, 0.1) is 5.92 Å². The molecule has 102 valence electrons. The lowest BCUT2D eigenvalue weighted by molar-refractivity contribution is -0.274. The average Bonchev–Trinajstić information content (AvgIpc) is 2.24. The van der Waals surface area contributed by atoms with Gasteiger partial charge in [0, 0.05) is 6.54 Å². The Balaban J connectivity index is 2.36. The number of nitrogens with one attached hydrogen (secondary N) is 1. The van der Waals surface area contributed by atoms with Crippen molar-refractivity contribution in [1.82, 2.24) is 5.48 Å². The summed E-state index contributed by atoms with van der Waals surface area (Å²) >= 11 is 0. The molecule has 0 radical (unpaired) electrons. The minimum Gasteiger partial charge on any atom is -0.406 e. The number of hydrogen-bond acceptors (Lipinski definition) is 3. The fourth-order valence-electron chi connectivity index (χ4n) is 1.17. The van der Waals surface area contributed by atoms with Crippen LogP contribution in [0.3, 0.4) is 0 Å². The summed E-state index contributed by atoms with van der Waals surface area (Å²) < 4.78 is 39.5. The standard InChI is InChI=1S/C12H16F3NO2/c1-9(2)8-17-16-7-10-3-5-11(6-4-10)18-12(13,14)15/h3-6,9,16H,7-8H2,1-2H3. The van der Waals surface area contributed by atoms with Gasteiger partial charge in [0.05, 0.1) is 6.61 Å². The number of halogens is 3. The Kier molecular flexibility index (Phi) is 5.43. The second-order valence-electron chi connectivity index (χ2n) is 4.22. The molecule has 1 aromatic rings. The molecule has 0 spiro atoms. The van der Waals surface area contributed by atoms with Gasteiger partial charge < -0.3 is 9.57 Å². The predicted octanol–water partition coefficient (Wildman–Crippen LogP) is 3.26. The number of hydroxylamine groups is 1. The van der Waals surface area contributed by atoms with E-state index in [1.807, 2.05) is 13.8 Å². The highest BCUT2D eigenvalue weighted by Gasteiger charge is 2.30. The third-order valence-corrected chi connectivity index (χ3v) is 1.95. The first kappa shape index (κ1) is 14.8. The summed E-state index contributed by atoms with van der Waals surface area (Å²) in [6, 6.07) is 5.64. The van der Waals surface area contributed by atoms with E-state index in [0.29, 0.717) is 19.1 Å². The Bertz CT molecular complexity index is 349. The largest absolute Gasteiger partial charge is 0.573 e. The van der Waals surface area contributed by atoms with Crippen molar-refractivity contribution in [2.24, 2.45) is 5.92 Å². The number of hydrogen-bond donors (Lipinski definition) is 1. The van der Waals surface area contributed by atoms with Crippen molar-refractivity contribution < 1.29 is 22.7 Å². The van der Waals surface area contributed by atoms with Gasteiger partial charge >= 0.3 is 6.36 Å². The maximum absolute atomic E-state index is 11.9. The second kappa shape index (κ2) is 6.61. The van der Waals surface area contributed by atoms with E-state index >= 15 is 0 Å². The van der Waals surface area contributed by atoms with Crippen LogP contribution in [-0.2, 0) is 11.4 Å². The summed E-state index contributed by atoms with van der Waals surface area (Å²) in [4.78, 5) is 5.15. The van der Waals surface area contributed by atoms with Gasteiger partial charge in [0.25, 0.3) is 0 Å². The maximum Gasteiger partial charge on any atom is 0.573 e. The molecule has 0 aliphatic heterocycles. The summed E-state index contributed by atoms with van der Waals surface area (Å²) in [5.41, 5.74) is 3.55. The summed E-state index contributed by atoms with van der Waals surface area (Å²) in [7, 11) is 0. The van der Waals surface area contributed by atoms with Gasteiger partial charge in [-0.05, 0) is 23.6 Å². The molecular weight excluding hydrogens is 247 g/mol. The second-order valence-corrected chi connectivity index (χ2v) is 4.22. The van der Waals surface area contributed by atoms with Crippen LogP contribution >= 0.6 is 0 Å². The van der Waals surface area contributed by atoms with E-state index in [-0.39, 0.29) is 5.75 Å². The molecule has 0 heterocycles. The molecule has 6 heteroatoms.